The van der Waals surface area contributed by atoms with Crippen LogP contribution in [0.3, 0.4) is 0 Å². The first-order valence-corrected chi connectivity index (χ1v) is 4.77. The first-order chi connectivity index (χ1) is 7.34. The monoisotopic (exact) mass is 255 g/mol. The van der Waals surface area contributed by atoms with Gasteiger partial charge in [-0.15, -0.1) is 0 Å². The van der Waals surface area contributed by atoms with Crippen LogP contribution in [0.2, 0.25) is 0 Å². The third-order valence-electron chi connectivity index (χ3n) is 1.95. The standard InChI is InChI=1S/C7H8N3.C5H5.Fe/c1-6(9-10-8)7-4-2-3-5-7;1-2-4-5-3-1;/h2-6H,1H3;1-5H;/q;;+2/t6-;;/m0../s1. The van der Waals surface area contributed by atoms with Crippen molar-refractivity contribution in [2.45, 2.75) is 13.0 Å². The Morgan fingerprint density at radius 2 is 1.44 bits per heavy atom. The minimum atomic E-state index is -0.0417. The van der Waals surface area contributed by atoms with Gasteiger partial charge >= 0.3 is 17.1 Å². The molecule has 0 aromatic carbocycles. The maximum absolute atomic E-state index is 8.09. The van der Waals surface area contributed by atoms with Crippen LogP contribution < -0.4 is 0 Å². The smallest absolute Gasteiger partial charge is 0.0903 e. The second-order valence-corrected chi connectivity index (χ2v) is 3.06. The van der Waals surface area contributed by atoms with Crippen molar-refractivity contribution in [3.8, 4) is 0 Å². The summed E-state index contributed by atoms with van der Waals surface area (Å²) < 4.78 is 0. The minimum Gasteiger partial charge on any atom is -0.0903 e. The zero-order valence-corrected chi connectivity index (χ0v) is 10.1. The van der Waals surface area contributed by atoms with E-state index in [1.54, 1.807) is 0 Å². The third-order valence-corrected chi connectivity index (χ3v) is 1.95. The van der Waals surface area contributed by atoms with Crippen LogP contribution in [0.25, 0.3) is 10.4 Å². The molecule has 0 aliphatic heterocycles. The molecule has 0 unspecified atom stereocenters. The molecule has 1 atom stereocenters. The molecule has 0 aromatic heterocycles. The molecule has 0 saturated heterocycles. The van der Waals surface area contributed by atoms with Crippen LogP contribution in [0, 0.1) is 63.7 Å². The van der Waals surface area contributed by atoms with Crippen LogP contribution in [-0.2, 0) is 17.1 Å². The van der Waals surface area contributed by atoms with E-state index >= 15 is 0 Å². The van der Waals surface area contributed by atoms with Crippen molar-refractivity contribution < 1.29 is 17.1 Å². The molecule has 82 valence electrons. The van der Waals surface area contributed by atoms with E-state index in [1.807, 2.05) is 64.7 Å². The molecule has 0 heterocycles. The summed E-state index contributed by atoms with van der Waals surface area (Å²) in [4.78, 5) is 2.72. The fraction of sp³-hybridized carbons (Fsp3) is 0.167. The zero-order valence-electron chi connectivity index (χ0n) is 8.97. The predicted molar refractivity (Wildman–Crippen MR) is 60.6 cm³/mol. The van der Waals surface area contributed by atoms with Gasteiger partial charge in [0.05, 0.1) is 0 Å². The summed E-state index contributed by atoms with van der Waals surface area (Å²) in [5, 5.41) is 3.55. The average Bonchev–Trinajstić information content (AvgIpc) is 2.95. The predicted octanol–water partition coefficient (Wildman–Crippen LogP) is 3.11. The number of nitrogens with zero attached hydrogens (tertiary/aromatic N) is 3. The van der Waals surface area contributed by atoms with Gasteiger partial charge in [0, 0.05) is 11.0 Å². The summed E-state index contributed by atoms with van der Waals surface area (Å²) in [6.07, 6.45) is 17.7. The van der Waals surface area contributed by atoms with E-state index in [-0.39, 0.29) is 23.1 Å². The zero-order chi connectivity index (χ0) is 10.9. The summed E-state index contributed by atoms with van der Waals surface area (Å²) in [7, 11) is 0. The van der Waals surface area contributed by atoms with E-state index in [1.165, 1.54) is 0 Å². The van der Waals surface area contributed by atoms with Gasteiger partial charge in [0.2, 0.25) is 0 Å². The summed E-state index contributed by atoms with van der Waals surface area (Å²) in [6.45, 7) is 1.87. The SMILES string of the molecule is C[C@H](N=[N+]=[N-])[C]1[CH][CH][CH][CH]1.[CH]1[CH][CH][CH][CH]1.[Fe+2]. The van der Waals surface area contributed by atoms with E-state index < -0.39 is 0 Å². The molecule has 4 heteroatoms. The largest absolute Gasteiger partial charge is 2.00 e. The van der Waals surface area contributed by atoms with Gasteiger partial charge in [0.25, 0.3) is 0 Å². The molecule has 2 aliphatic carbocycles. The Labute approximate surface area is 109 Å². The van der Waals surface area contributed by atoms with Gasteiger partial charge in [-0.25, -0.2) is 0 Å². The fourth-order valence-electron chi connectivity index (χ4n) is 1.13. The van der Waals surface area contributed by atoms with E-state index in [4.69, 9.17) is 5.53 Å². The van der Waals surface area contributed by atoms with Crippen molar-refractivity contribution >= 4 is 0 Å². The van der Waals surface area contributed by atoms with Crippen molar-refractivity contribution in [2.75, 3.05) is 0 Å². The maximum atomic E-state index is 8.09. The second-order valence-electron chi connectivity index (χ2n) is 3.06. The number of azide groups is 1. The van der Waals surface area contributed by atoms with Crippen LogP contribution in [0.5, 0.6) is 0 Å². The summed E-state index contributed by atoms with van der Waals surface area (Å²) in [5.41, 5.74) is 8.09. The van der Waals surface area contributed by atoms with Crippen molar-refractivity contribution in [2.24, 2.45) is 5.11 Å². The normalized spacial score (nSPS) is 21.3. The first-order valence-electron chi connectivity index (χ1n) is 4.77. The van der Waals surface area contributed by atoms with Crippen molar-refractivity contribution in [3.05, 3.63) is 74.1 Å². The van der Waals surface area contributed by atoms with Gasteiger partial charge in [-0.2, -0.15) is 0 Å². The molecule has 16 heavy (non-hydrogen) atoms. The molecular formula is C12H13FeN3+2. The molecule has 2 rings (SSSR count). The van der Waals surface area contributed by atoms with E-state index in [0.29, 0.717) is 0 Å². The molecule has 2 saturated carbocycles. The number of rotatable bonds is 2. The maximum Gasteiger partial charge on any atom is 2.00 e. The minimum absolute atomic E-state index is 0. The van der Waals surface area contributed by atoms with Gasteiger partial charge in [-0.05, 0) is 69.2 Å². The second kappa shape index (κ2) is 10.0. The van der Waals surface area contributed by atoms with Crippen LogP contribution >= 0.6 is 0 Å². The fourth-order valence-corrected chi connectivity index (χ4v) is 1.13. The van der Waals surface area contributed by atoms with Gasteiger partial charge < -0.3 is 0 Å². The molecule has 0 aromatic rings. The first kappa shape index (κ1) is 15.8. The van der Waals surface area contributed by atoms with Crippen molar-refractivity contribution in [1.82, 2.24) is 0 Å². The van der Waals surface area contributed by atoms with Gasteiger partial charge in [-0.1, -0.05) is 12.0 Å². The number of hydrogen-bond donors (Lipinski definition) is 0. The summed E-state index contributed by atoms with van der Waals surface area (Å²) >= 11 is 0. The average molecular weight is 255 g/mol. The van der Waals surface area contributed by atoms with Gasteiger partial charge in [-0.3, -0.25) is 0 Å². The van der Waals surface area contributed by atoms with Crippen LogP contribution in [0.4, 0.5) is 0 Å². The van der Waals surface area contributed by atoms with E-state index in [2.05, 4.69) is 10.0 Å². The van der Waals surface area contributed by atoms with Gasteiger partial charge in [0.1, 0.15) is 0 Å². The molecule has 10 radical (unpaired) electrons. The Morgan fingerprint density at radius 1 is 1.00 bits per heavy atom. The topological polar surface area (TPSA) is 48.8 Å². The Bertz CT molecular complexity index is 197. The molecule has 0 spiro atoms. The molecule has 0 bridgehead atoms. The van der Waals surface area contributed by atoms with E-state index in [0.717, 1.165) is 5.92 Å². The third kappa shape index (κ3) is 6.42. The van der Waals surface area contributed by atoms with Crippen LogP contribution in [0.1, 0.15) is 6.92 Å². The molecular weight excluding hydrogens is 242 g/mol. The quantitative estimate of drug-likeness (QED) is 0.315. The number of hydrogen-bond acceptors (Lipinski definition) is 1. The Hall–Kier alpha value is -0.171. The van der Waals surface area contributed by atoms with Crippen molar-refractivity contribution in [1.29, 1.82) is 0 Å². The Kier molecular flexibility index (Phi) is 9.91. The van der Waals surface area contributed by atoms with Crippen LogP contribution in [0.15, 0.2) is 5.11 Å². The molecule has 2 aliphatic rings. The Balaban J connectivity index is 0.000000318. The summed E-state index contributed by atoms with van der Waals surface area (Å²) in [6, 6.07) is -0.0417. The molecule has 0 amide bonds. The van der Waals surface area contributed by atoms with Crippen molar-refractivity contribution in [3.63, 3.8) is 0 Å². The van der Waals surface area contributed by atoms with E-state index in [9.17, 15) is 0 Å². The molecule has 0 N–H and O–H groups in total. The van der Waals surface area contributed by atoms with Crippen LogP contribution in [-0.4, -0.2) is 6.04 Å². The molecule has 2 fully saturated rings. The Morgan fingerprint density at radius 3 is 1.81 bits per heavy atom. The molecule has 3 nitrogen and oxygen atoms in total. The summed E-state index contributed by atoms with van der Waals surface area (Å²) in [5.74, 6) is 1.07. The van der Waals surface area contributed by atoms with Gasteiger partial charge in [0.15, 0.2) is 0 Å².